The topological polar surface area (TPSA) is 55.6 Å². The largest absolute Gasteiger partial charge is 0.496 e. The van der Waals surface area contributed by atoms with Crippen LogP contribution in [-0.4, -0.2) is 36.9 Å². The third kappa shape index (κ3) is 3.14. The van der Waals surface area contributed by atoms with Crippen molar-refractivity contribution in [2.24, 2.45) is 11.7 Å². The van der Waals surface area contributed by atoms with Gasteiger partial charge in [-0.3, -0.25) is 9.69 Å². The van der Waals surface area contributed by atoms with Crippen molar-refractivity contribution in [3.05, 3.63) is 29.3 Å². The molecule has 19 heavy (non-hydrogen) atoms. The smallest absolute Gasteiger partial charge is 0.159 e. The first kappa shape index (κ1) is 14.0. The Bertz CT molecular complexity index is 463. The molecule has 104 valence electrons. The van der Waals surface area contributed by atoms with Gasteiger partial charge in [-0.15, -0.1) is 0 Å². The second-order valence-corrected chi connectivity index (χ2v) is 5.42. The summed E-state index contributed by atoms with van der Waals surface area (Å²) in [6.07, 6.45) is 0. The van der Waals surface area contributed by atoms with Crippen LogP contribution in [0.4, 0.5) is 0 Å². The third-order valence-electron chi connectivity index (χ3n) is 3.83. The minimum Gasteiger partial charge on any atom is -0.496 e. The number of benzene rings is 1. The van der Waals surface area contributed by atoms with Gasteiger partial charge in [0.25, 0.3) is 0 Å². The molecule has 0 spiro atoms. The molecular weight excluding hydrogens is 240 g/mol. The Kier molecular flexibility index (Phi) is 4.22. The Labute approximate surface area is 114 Å². The Morgan fingerprint density at radius 3 is 2.74 bits per heavy atom. The highest BCUT2D eigenvalue weighted by Gasteiger charge is 2.27. The molecule has 4 heteroatoms. The van der Waals surface area contributed by atoms with Gasteiger partial charge in [-0.25, -0.2) is 0 Å². The number of nitrogens with zero attached hydrogens (tertiary/aromatic N) is 1. The van der Waals surface area contributed by atoms with Gasteiger partial charge in [0, 0.05) is 36.8 Å². The Morgan fingerprint density at radius 1 is 1.47 bits per heavy atom. The second kappa shape index (κ2) is 5.72. The molecule has 0 saturated carbocycles. The summed E-state index contributed by atoms with van der Waals surface area (Å²) < 4.78 is 5.37. The predicted octanol–water partition coefficient (Wildman–Crippen LogP) is 1.68. The molecular formula is C15H22N2O2. The molecule has 4 nitrogen and oxygen atoms in total. The number of Topliss-reactive ketones (excluding diaryl/α,β-unsaturated/α-hetero) is 1. The Balaban J connectivity index is 2.18. The molecule has 1 fully saturated rings. The summed E-state index contributed by atoms with van der Waals surface area (Å²) >= 11 is 0. The lowest BCUT2D eigenvalue weighted by Crippen LogP contribution is -2.28. The molecule has 2 atom stereocenters. The van der Waals surface area contributed by atoms with Gasteiger partial charge in [-0.05, 0) is 31.0 Å². The average Bonchev–Trinajstić information content (AvgIpc) is 2.68. The number of methoxy groups -OCH3 is 1. The molecule has 0 bridgehead atoms. The van der Waals surface area contributed by atoms with E-state index in [4.69, 9.17) is 10.5 Å². The number of rotatable bonds is 4. The highest BCUT2D eigenvalue weighted by Crippen LogP contribution is 2.24. The molecule has 0 amide bonds. The van der Waals surface area contributed by atoms with Crippen molar-refractivity contribution in [3.63, 3.8) is 0 Å². The van der Waals surface area contributed by atoms with Gasteiger partial charge >= 0.3 is 0 Å². The van der Waals surface area contributed by atoms with Crippen molar-refractivity contribution >= 4 is 5.78 Å². The van der Waals surface area contributed by atoms with Gasteiger partial charge in [0.15, 0.2) is 5.78 Å². The van der Waals surface area contributed by atoms with Gasteiger partial charge in [-0.1, -0.05) is 6.92 Å². The molecule has 1 heterocycles. The zero-order chi connectivity index (χ0) is 14.0. The summed E-state index contributed by atoms with van der Waals surface area (Å²) in [6.45, 7) is 6.43. The molecule has 1 aromatic carbocycles. The number of hydrogen-bond donors (Lipinski definition) is 1. The van der Waals surface area contributed by atoms with Crippen LogP contribution in [0.15, 0.2) is 18.2 Å². The molecule has 0 radical (unpaired) electrons. The number of ether oxygens (including phenoxy) is 1. The normalized spacial score (nSPS) is 23.6. The van der Waals surface area contributed by atoms with Crippen LogP contribution in [0.25, 0.3) is 0 Å². The van der Waals surface area contributed by atoms with Gasteiger partial charge in [0.1, 0.15) is 5.75 Å². The van der Waals surface area contributed by atoms with Gasteiger partial charge in [-0.2, -0.15) is 0 Å². The van der Waals surface area contributed by atoms with E-state index in [2.05, 4.69) is 11.8 Å². The van der Waals surface area contributed by atoms with E-state index in [0.29, 0.717) is 5.92 Å². The fraction of sp³-hybridized carbons (Fsp3) is 0.533. The van der Waals surface area contributed by atoms with Crippen molar-refractivity contribution < 1.29 is 9.53 Å². The van der Waals surface area contributed by atoms with E-state index in [1.165, 1.54) is 0 Å². The lowest BCUT2D eigenvalue weighted by molar-refractivity contribution is 0.101. The first-order valence-corrected chi connectivity index (χ1v) is 6.67. The fourth-order valence-corrected chi connectivity index (χ4v) is 2.59. The van der Waals surface area contributed by atoms with E-state index in [1.807, 2.05) is 18.2 Å². The van der Waals surface area contributed by atoms with E-state index in [0.717, 1.165) is 36.5 Å². The molecule has 1 aliphatic heterocycles. The van der Waals surface area contributed by atoms with Gasteiger partial charge in [0.05, 0.1) is 7.11 Å². The summed E-state index contributed by atoms with van der Waals surface area (Å²) in [7, 11) is 1.66. The maximum Gasteiger partial charge on any atom is 0.159 e. The zero-order valence-corrected chi connectivity index (χ0v) is 11.8. The van der Waals surface area contributed by atoms with E-state index in [-0.39, 0.29) is 11.8 Å². The number of likely N-dealkylation sites (tertiary alicyclic amines) is 1. The van der Waals surface area contributed by atoms with Crippen LogP contribution in [0.2, 0.25) is 0 Å². The molecule has 0 aliphatic carbocycles. The maximum atomic E-state index is 11.5. The highest BCUT2D eigenvalue weighted by molar-refractivity contribution is 5.94. The second-order valence-electron chi connectivity index (χ2n) is 5.42. The summed E-state index contributed by atoms with van der Waals surface area (Å²) in [6, 6.07) is 5.84. The number of carbonyl (C=O) groups excluding carboxylic acids is 1. The van der Waals surface area contributed by atoms with Crippen molar-refractivity contribution in [2.75, 3.05) is 20.2 Å². The maximum absolute atomic E-state index is 11.5. The van der Waals surface area contributed by atoms with Crippen LogP contribution >= 0.6 is 0 Å². The van der Waals surface area contributed by atoms with Gasteiger partial charge in [0.2, 0.25) is 0 Å². The van der Waals surface area contributed by atoms with Crippen LogP contribution in [0.3, 0.4) is 0 Å². The van der Waals surface area contributed by atoms with Crippen molar-refractivity contribution in [2.45, 2.75) is 26.4 Å². The number of hydrogen-bond acceptors (Lipinski definition) is 4. The third-order valence-corrected chi connectivity index (χ3v) is 3.83. The lowest BCUT2D eigenvalue weighted by atomic mass is 10.1. The monoisotopic (exact) mass is 262 g/mol. The van der Waals surface area contributed by atoms with Crippen LogP contribution in [-0.2, 0) is 6.54 Å². The van der Waals surface area contributed by atoms with Crippen LogP contribution in [0, 0.1) is 5.92 Å². The molecule has 2 rings (SSSR count). The van der Waals surface area contributed by atoms with Crippen LogP contribution in [0.1, 0.15) is 29.8 Å². The molecule has 2 unspecified atom stereocenters. The zero-order valence-electron chi connectivity index (χ0n) is 11.8. The van der Waals surface area contributed by atoms with Crippen LogP contribution in [0.5, 0.6) is 5.75 Å². The summed E-state index contributed by atoms with van der Waals surface area (Å²) in [5.74, 6) is 1.43. The van der Waals surface area contributed by atoms with Gasteiger partial charge < -0.3 is 10.5 Å². The summed E-state index contributed by atoms with van der Waals surface area (Å²) in [5.41, 5.74) is 7.83. The van der Waals surface area contributed by atoms with Crippen molar-refractivity contribution in [1.29, 1.82) is 0 Å². The lowest BCUT2D eigenvalue weighted by Gasteiger charge is -2.18. The number of carbonyl (C=O) groups is 1. The standard InChI is InChI=1S/C15H22N2O2/c1-10-7-17(9-14(10)16)8-13-6-12(11(2)18)4-5-15(13)19-3/h4-6,10,14H,7-9,16H2,1-3H3. The SMILES string of the molecule is COc1ccc(C(C)=O)cc1CN1CC(C)C(N)C1. The van der Waals surface area contributed by atoms with Crippen molar-refractivity contribution in [3.8, 4) is 5.75 Å². The minimum atomic E-state index is 0.0791. The average molecular weight is 262 g/mol. The van der Waals surface area contributed by atoms with E-state index >= 15 is 0 Å². The molecule has 1 aromatic rings. The molecule has 0 aromatic heterocycles. The Morgan fingerprint density at radius 2 is 2.21 bits per heavy atom. The minimum absolute atomic E-state index is 0.0791. The van der Waals surface area contributed by atoms with Crippen LogP contribution < -0.4 is 10.5 Å². The van der Waals surface area contributed by atoms with E-state index in [9.17, 15) is 4.79 Å². The molecule has 2 N–H and O–H groups in total. The quantitative estimate of drug-likeness (QED) is 0.839. The predicted molar refractivity (Wildman–Crippen MR) is 75.4 cm³/mol. The first-order chi connectivity index (χ1) is 9.01. The summed E-state index contributed by atoms with van der Waals surface area (Å²) in [4.78, 5) is 13.8. The van der Waals surface area contributed by atoms with E-state index in [1.54, 1.807) is 14.0 Å². The Hall–Kier alpha value is -1.39. The number of ketones is 1. The van der Waals surface area contributed by atoms with E-state index < -0.39 is 0 Å². The molecule has 1 aliphatic rings. The van der Waals surface area contributed by atoms with Crippen molar-refractivity contribution in [1.82, 2.24) is 4.90 Å². The summed E-state index contributed by atoms with van der Waals surface area (Å²) in [5, 5.41) is 0. The first-order valence-electron chi connectivity index (χ1n) is 6.67. The molecule has 1 saturated heterocycles. The highest BCUT2D eigenvalue weighted by atomic mass is 16.5. The number of nitrogens with two attached hydrogens (primary N) is 1. The fourth-order valence-electron chi connectivity index (χ4n) is 2.59.